The first-order valence-electron chi connectivity index (χ1n) is 10.2. The van der Waals surface area contributed by atoms with Crippen molar-refractivity contribution in [3.05, 3.63) is 59.9 Å². The minimum absolute atomic E-state index is 0.00656. The van der Waals surface area contributed by atoms with Crippen molar-refractivity contribution < 1.29 is 14.3 Å². The standard InChI is InChI=1S/C23H27N3O3/c1-3-25-20-11-5-4-10-19(20)24-22(25)21-12-7-13-26(21)23(27)17-8-6-9-18(16-17)29-15-14-28-2/h4-6,8-11,16,21H,3,7,12-15H2,1-2H3. The van der Waals surface area contributed by atoms with Gasteiger partial charge in [-0.05, 0) is 50.1 Å². The van der Waals surface area contributed by atoms with Gasteiger partial charge in [-0.25, -0.2) is 4.98 Å². The molecule has 1 amide bonds. The molecule has 2 aromatic carbocycles. The molecule has 0 spiro atoms. The summed E-state index contributed by atoms with van der Waals surface area (Å²) in [5.74, 6) is 1.69. The molecule has 2 heterocycles. The molecular formula is C23H27N3O3. The highest BCUT2D eigenvalue weighted by atomic mass is 16.5. The topological polar surface area (TPSA) is 56.6 Å². The predicted octanol–water partition coefficient (Wildman–Crippen LogP) is 4.06. The molecule has 1 fully saturated rings. The molecular weight excluding hydrogens is 366 g/mol. The predicted molar refractivity (Wildman–Crippen MR) is 112 cm³/mol. The third-order valence-electron chi connectivity index (χ3n) is 5.45. The summed E-state index contributed by atoms with van der Waals surface area (Å²) in [6.07, 6.45) is 1.91. The zero-order valence-electron chi connectivity index (χ0n) is 17.0. The van der Waals surface area contributed by atoms with Crippen LogP contribution >= 0.6 is 0 Å². The number of amides is 1. The molecule has 6 heteroatoms. The molecule has 152 valence electrons. The van der Waals surface area contributed by atoms with E-state index >= 15 is 0 Å². The first-order chi connectivity index (χ1) is 14.2. The van der Waals surface area contributed by atoms with Crippen molar-refractivity contribution in [1.82, 2.24) is 14.5 Å². The third-order valence-corrected chi connectivity index (χ3v) is 5.45. The van der Waals surface area contributed by atoms with Gasteiger partial charge in [-0.2, -0.15) is 0 Å². The van der Waals surface area contributed by atoms with E-state index in [9.17, 15) is 4.79 Å². The molecule has 3 aromatic rings. The second-order valence-corrected chi connectivity index (χ2v) is 7.23. The molecule has 0 saturated carbocycles. The van der Waals surface area contributed by atoms with Crippen molar-refractivity contribution in [2.45, 2.75) is 32.4 Å². The van der Waals surface area contributed by atoms with E-state index in [0.29, 0.717) is 24.5 Å². The van der Waals surface area contributed by atoms with Gasteiger partial charge in [0.25, 0.3) is 5.91 Å². The maximum absolute atomic E-state index is 13.3. The average Bonchev–Trinajstić information content (AvgIpc) is 3.37. The van der Waals surface area contributed by atoms with Crippen LogP contribution in [-0.4, -0.2) is 47.2 Å². The quantitative estimate of drug-likeness (QED) is 0.568. The summed E-state index contributed by atoms with van der Waals surface area (Å²) >= 11 is 0. The Kier molecular flexibility index (Phi) is 5.81. The molecule has 0 N–H and O–H groups in total. The number of methoxy groups -OCH3 is 1. The lowest BCUT2D eigenvalue weighted by Crippen LogP contribution is -2.32. The minimum Gasteiger partial charge on any atom is -0.491 e. The summed E-state index contributed by atoms with van der Waals surface area (Å²) < 4.78 is 12.9. The number of aryl methyl sites for hydroxylation is 1. The van der Waals surface area contributed by atoms with Crippen molar-refractivity contribution in [3.63, 3.8) is 0 Å². The molecule has 1 aromatic heterocycles. The number of rotatable bonds is 7. The highest BCUT2D eigenvalue weighted by Crippen LogP contribution is 2.34. The van der Waals surface area contributed by atoms with Gasteiger partial charge in [0.1, 0.15) is 18.2 Å². The van der Waals surface area contributed by atoms with E-state index < -0.39 is 0 Å². The first-order valence-corrected chi connectivity index (χ1v) is 10.2. The second kappa shape index (κ2) is 8.66. The fraction of sp³-hybridized carbons (Fsp3) is 0.391. The third kappa shape index (κ3) is 3.85. The number of ether oxygens (including phenoxy) is 2. The minimum atomic E-state index is -0.00656. The Balaban J connectivity index is 1.61. The molecule has 0 bridgehead atoms. The van der Waals surface area contributed by atoms with E-state index in [2.05, 4.69) is 17.6 Å². The van der Waals surface area contributed by atoms with Crippen molar-refractivity contribution in [2.75, 3.05) is 26.9 Å². The molecule has 0 aliphatic carbocycles. The summed E-state index contributed by atoms with van der Waals surface area (Å²) in [7, 11) is 1.64. The van der Waals surface area contributed by atoms with Gasteiger partial charge >= 0.3 is 0 Å². The lowest BCUT2D eigenvalue weighted by Gasteiger charge is -2.25. The van der Waals surface area contributed by atoms with E-state index in [1.165, 1.54) is 0 Å². The van der Waals surface area contributed by atoms with Crippen molar-refractivity contribution >= 4 is 16.9 Å². The van der Waals surface area contributed by atoms with E-state index in [1.807, 2.05) is 47.4 Å². The summed E-state index contributed by atoms with van der Waals surface area (Å²) in [5.41, 5.74) is 2.75. The van der Waals surface area contributed by atoms with Crippen LogP contribution < -0.4 is 4.74 Å². The summed E-state index contributed by atoms with van der Waals surface area (Å²) in [5, 5.41) is 0. The van der Waals surface area contributed by atoms with E-state index in [0.717, 1.165) is 42.8 Å². The van der Waals surface area contributed by atoms with Gasteiger partial charge in [-0.3, -0.25) is 4.79 Å². The zero-order valence-corrected chi connectivity index (χ0v) is 17.0. The molecule has 1 aliphatic heterocycles. The molecule has 4 rings (SSSR count). The molecule has 1 atom stereocenters. The Morgan fingerprint density at radius 1 is 1.17 bits per heavy atom. The Bertz CT molecular complexity index is 998. The second-order valence-electron chi connectivity index (χ2n) is 7.23. The molecule has 1 unspecified atom stereocenters. The lowest BCUT2D eigenvalue weighted by molar-refractivity contribution is 0.0727. The highest BCUT2D eigenvalue weighted by molar-refractivity contribution is 5.95. The Morgan fingerprint density at radius 2 is 2.03 bits per heavy atom. The molecule has 1 aliphatic rings. The number of carbonyl (C=O) groups is 1. The number of imidazole rings is 1. The average molecular weight is 393 g/mol. The Labute approximate surface area is 171 Å². The largest absolute Gasteiger partial charge is 0.491 e. The zero-order chi connectivity index (χ0) is 20.2. The smallest absolute Gasteiger partial charge is 0.254 e. The summed E-state index contributed by atoms with van der Waals surface area (Å²) in [4.78, 5) is 20.2. The fourth-order valence-electron chi connectivity index (χ4n) is 4.09. The van der Waals surface area contributed by atoms with E-state index in [1.54, 1.807) is 7.11 Å². The Hall–Kier alpha value is -2.86. The number of carbonyl (C=O) groups excluding carboxylic acids is 1. The summed E-state index contributed by atoms with van der Waals surface area (Å²) in [6.45, 7) is 4.67. The number of benzene rings is 2. The number of hydrogen-bond acceptors (Lipinski definition) is 4. The number of fused-ring (bicyclic) bond motifs is 1. The van der Waals surface area contributed by atoms with Crippen LogP contribution in [0.4, 0.5) is 0 Å². The fourth-order valence-corrected chi connectivity index (χ4v) is 4.09. The van der Waals surface area contributed by atoms with Crippen LogP contribution in [0.1, 0.15) is 42.0 Å². The van der Waals surface area contributed by atoms with Gasteiger partial charge in [-0.15, -0.1) is 0 Å². The lowest BCUT2D eigenvalue weighted by atomic mass is 10.1. The van der Waals surface area contributed by atoms with Gasteiger partial charge in [0.15, 0.2) is 0 Å². The number of likely N-dealkylation sites (tertiary alicyclic amines) is 1. The van der Waals surface area contributed by atoms with Gasteiger partial charge in [0.05, 0.1) is 23.7 Å². The SMILES string of the molecule is CCn1c(C2CCCN2C(=O)c2cccc(OCCOC)c2)nc2ccccc21. The highest BCUT2D eigenvalue weighted by Gasteiger charge is 2.34. The number of hydrogen-bond donors (Lipinski definition) is 0. The molecule has 1 saturated heterocycles. The number of para-hydroxylation sites is 2. The maximum atomic E-state index is 13.3. The van der Waals surface area contributed by atoms with Crippen LogP contribution in [0.2, 0.25) is 0 Å². The van der Waals surface area contributed by atoms with Gasteiger partial charge in [0, 0.05) is 25.8 Å². The van der Waals surface area contributed by atoms with Crippen LogP contribution in [0.25, 0.3) is 11.0 Å². The molecule has 6 nitrogen and oxygen atoms in total. The van der Waals surface area contributed by atoms with Crippen molar-refractivity contribution in [3.8, 4) is 5.75 Å². The number of aromatic nitrogens is 2. The normalized spacial score (nSPS) is 16.5. The van der Waals surface area contributed by atoms with Crippen LogP contribution in [0.5, 0.6) is 5.75 Å². The molecule has 0 radical (unpaired) electrons. The maximum Gasteiger partial charge on any atom is 0.254 e. The monoisotopic (exact) mass is 393 g/mol. The van der Waals surface area contributed by atoms with Crippen LogP contribution in [0, 0.1) is 0 Å². The number of nitrogens with zero attached hydrogens (tertiary/aromatic N) is 3. The van der Waals surface area contributed by atoms with Gasteiger partial charge in [-0.1, -0.05) is 18.2 Å². The van der Waals surface area contributed by atoms with Gasteiger partial charge in [0.2, 0.25) is 0 Å². The Morgan fingerprint density at radius 3 is 2.86 bits per heavy atom. The van der Waals surface area contributed by atoms with Crippen LogP contribution in [0.15, 0.2) is 48.5 Å². The first kappa shape index (κ1) is 19.5. The van der Waals surface area contributed by atoms with E-state index in [-0.39, 0.29) is 11.9 Å². The van der Waals surface area contributed by atoms with E-state index in [4.69, 9.17) is 14.5 Å². The summed E-state index contributed by atoms with van der Waals surface area (Å²) in [6, 6.07) is 15.6. The van der Waals surface area contributed by atoms with Crippen molar-refractivity contribution in [2.24, 2.45) is 0 Å². The van der Waals surface area contributed by atoms with Crippen LogP contribution in [-0.2, 0) is 11.3 Å². The van der Waals surface area contributed by atoms with Crippen LogP contribution in [0.3, 0.4) is 0 Å². The molecule has 29 heavy (non-hydrogen) atoms. The van der Waals surface area contributed by atoms with Crippen molar-refractivity contribution in [1.29, 1.82) is 0 Å². The van der Waals surface area contributed by atoms with Gasteiger partial charge < -0.3 is 18.9 Å².